The van der Waals surface area contributed by atoms with Crippen LogP contribution in [0.4, 0.5) is 0 Å². The second-order valence-electron chi connectivity index (χ2n) is 13.4. The molecule has 228 valence electrons. The van der Waals surface area contributed by atoms with Crippen molar-refractivity contribution in [3.8, 4) is 22.3 Å². The van der Waals surface area contributed by atoms with Crippen LogP contribution in [0.25, 0.3) is 103 Å². The molecule has 0 N–H and O–H groups in total. The largest absolute Gasteiger partial charge is 0.135 e. The predicted octanol–water partition coefficient (Wildman–Crippen LogP) is 14.1. The fourth-order valence-corrected chi connectivity index (χ4v) is 10.2. The summed E-state index contributed by atoms with van der Waals surface area (Å²) in [6.07, 6.45) is 6.91. The molecule has 0 spiro atoms. The maximum absolute atomic E-state index is 2.50. The summed E-state index contributed by atoms with van der Waals surface area (Å²) in [6.45, 7) is 0. The predicted molar refractivity (Wildman–Crippen MR) is 215 cm³/mol. The lowest BCUT2D eigenvalue weighted by Crippen LogP contribution is -1.93. The summed E-state index contributed by atoms with van der Waals surface area (Å²) >= 11 is 1.96. The molecule has 1 aliphatic rings. The van der Waals surface area contributed by atoms with Gasteiger partial charge in [-0.1, -0.05) is 146 Å². The Balaban J connectivity index is 1.32. The average molecular weight is 639 g/mol. The number of thiophene rings is 1. The van der Waals surface area contributed by atoms with E-state index in [1.807, 2.05) is 11.3 Å². The van der Waals surface area contributed by atoms with Gasteiger partial charge in [-0.3, -0.25) is 0 Å². The standard InChI is InChI=1S/C48H30S/c1-2-16-31-29(14-1)30-15-3-5-19-34(30)46-35-20-6-4-17-32(35)43(28-42(31)46)47-38-23-9-7-21-36(38)45(37-22-8-10-24-39(37)47)41-26-13-25-40-33-18-11-12-27-44(33)49-48(40)41/h1-10,12-17,19-28H,11,18H2. The molecule has 1 aliphatic carbocycles. The van der Waals surface area contributed by atoms with Gasteiger partial charge in [-0.05, 0) is 117 Å². The minimum atomic E-state index is 1.12. The first-order chi connectivity index (χ1) is 24.3. The van der Waals surface area contributed by atoms with E-state index in [1.54, 1.807) is 0 Å². The summed E-state index contributed by atoms with van der Waals surface area (Å²) in [6, 6.07) is 54.6. The molecule has 0 nitrogen and oxygen atoms in total. The molecule has 1 heteroatoms. The van der Waals surface area contributed by atoms with Gasteiger partial charge < -0.3 is 0 Å². The van der Waals surface area contributed by atoms with E-state index in [1.165, 1.54) is 107 Å². The lowest BCUT2D eigenvalue weighted by molar-refractivity contribution is 1.01. The fourth-order valence-electron chi connectivity index (χ4n) is 8.88. The van der Waals surface area contributed by atoms with Crippen molar-refractivity contribution in [2.75, 3.05) is 0 Å². The zero-order valence-corrected chi connectivity index (χ0v) is 27.7. The maximum Gasteiger partial charge on any atom is 0.0430 e. The van der Waals surface area contributed by atoms with Crippen molar-refractivity contribution in [3.05, 3.63) is 162 Å². The number of rotatable bonds is 2. The van der Waals surface area contributed by atoms with E-state index < -0.39 is 0 Å². The molecule has 1 aromatic heterocycles. The molecule has 9 aromatic carbocycles. The van der Waals surface area contributed by atoms with Crippen LogP contribution in [0.15, 0.2) is 152 Å². The summed E-state index contributed by atoms with van der Waals surface area (Å²) in [5.74, 6) is 0. The van der Waals surface area contributed by atoms with Crippen LogP contribution in [0, 0.1) is 0 Å². The molecule has 0 atom stereocenters. The summed E-state index contributed by atoms with van der Waals surface area (Å²) in [5, 5.41) is 17.1. The Hall–Kier alpha value is -5.76. The fraction of sp³-hybridized carbons (Fsp3) is 0.0417. The Kier molecular flexibility index (Phi) is 5.76. The van der Waals surface area contributed by atoms with Crippen LogP contribution in [0.3, 0.4) is 0 Å². The van der Waals surface area contributed by atoms with Gasteiger partial charge in [0.1, 0.15) is 0 Å². The number of aryl methyl sites for hydroxylation is 1. The van der Waals surface area contributed by atoms with Crippen molar-refractivity contribution in [2.24, 2.45) is 0 Å². The van der Waals surface area contributed by atoms with Crippen LogP contribution in [-0.2, 0) is 6.42 Å². The SMILES string of the molecule is C1=Cc2sc3c(-c4c5ccccc5c(-c5cc6c7ccccc7c7ccccc7c6c6ccccc56)c5ccccc45)cccc3c2CC1. The van der Waals surface area contributed by atoms with E-state index in [9.17, 15) is 0 Å². The maximum atomic E-state index is 2.50. The Bertz CT molecular complexity index is 2990. The van der Waals surface area contributed by atoms with Gasteiger partial charge in [-0.15, -0.1) is 11.3 Å². The second kappa shape index (κ2) is 10.4. The van der Waals surface area contributed by atoms with Crippen molar-refractivity contribution in [2.45, 2.75) is 12.8 Å². The topological polar surface area (TPSA) is 0 Å². The normalized spacial score (nSPS) is 13.1. The van der Waals surface area contributed by atoms with E-state index in [0.717, 1.165) is 12.8 Å². The highest BCUT2D eigenvalue weighted by Crippen LogP contribution is 2.50. The first-order valence-electron chi connectivity index (χ1n) is 17.3. The minimum Gasteiger partial charge on any atom is -0.135 e. The van der Waals surface area contributed by atoms with E-state index in [-0.39, 0.29) is 0 Å². The Morgan fingerprint density at radius 3 is 1.49 bits per heavy atom. The summed E-state index contributed by atoms with van der Waals surface area (Å²) in [4.78, 5) is 1.42. The zero-order chi connectivity index (χ0) is 32.1. The molecule has 0 saturated carbocycles. The van der Waals surface area contributed by atoms with Crippen LogP contribution in [0.1, 0.15) is 16.9 Å². The van der Waals surface area contributed by atoms with E-state index in [0.29, 0.717) is 0 Å². The van der Waals surface area contributed by atoms with Gasteiger partial charge in [0, 0.05) is 15.1 Å². The Morgan fingerprint density at radius 2 is 0.857 bits per heavy atom. The number of hydrogen-bond donors (Lipinski definition) is 0. The third-order valence-electron chi connectivity index (χ3n) is 10.9. The highest BCUT2D eigenvalue weighted by Gasteiger charge is 2.23. The highest BCUT2D eigenvalue weighted by molar-refractivity contribution is 7.20. The summed E-state index contributed by atoms with van der Waals surface area (Å²) in [5.41, 5.74) is 6.79. The van der Waals surface area contributed by atoms with Gasteiger partial charge in [-0.25, -0.2) is 0 Å². The molecule has 0 unspecified atom stereocenters. The lowest BCUT2D eigenvalue weighted by Gasteiger charge is -2.21. The zero-order valence-electron chi connectivity index (χ0n) is 26.8. The molecule has 0 saturated heterocycles. The Morgan fingerprint density at radius 1 is 0.388 bits per heavy atom. The van der Waals surface area contributed by atoms with Gasteiger partial charge in [0.25, 0.3) is 0 Å². The quantitative estimate of drug-likeness (QED) is 0.131. The van der Waals surface area contributed by atoms with Crippen LogP contribution in [0.5, 0.6) is 0 Å². The van der Waals surface area contributed by atoms with Gasteiger partial charge in [-0.2, -0.15) is 0 Å². The molecule has 0 fully saturated rings. The average Bonchev–Trinajstić information content (AvgIpc) is 3.56. The molecular formula is C48H30S. The van der Waals surface area contributed by atoms with Crippen LogP contribution < -0.4 is 0 Å². The Labute approximate surface area is 288 Å². The first kappa shape index (κ1) is 27.2. The number of allylic oxidation sites excluding steroid dienone is 1. The van der Waals surface area contributed by atoms with Gasteiger partial charge in [0.2, 0.25) is 0 Å². The van der Waals surface area contributed by atoms with Gasteiger partial charge >= 0.3 is 0 Å². The van der Waals surface area contributed by atoms with Crippen LogP contribution in [-0.4, -0.2) is 0 Å². The van der Waals surface area contributed by atoms with Gasteiger partial charge in [0.15, 0.2) is 0 Å². The number of benzene rings is 9. The van der Waals surface area contributed by atoms with Crippen LogP contribution in [0.2, 0.25) is 0 Å². The number of hydrogen-bond acceptors (Lipinski definition) is 1. The van der Waals surface area contributed by atoms with E-state index >= 15 is 0 Å². The monoisotopic (exact) mass is 638 g/mol. The third-order valence-corrected chi connectivity index (χ3v) is 12.1. The third kappa shape index (κ3) is 3.80. The van der Waals surface area contributed by atoms with Crippen molar-refractivity contribution in [1.82, 2.24) is 0 Å². The molecule has 10 aromatic rings. The smallest absolute Gasteiger partial charge is 0.0430 e. The van der Waals surface area contributed by atoms with Crippen molar-refractivity contribution < 1.29 is 0 Å². The molecular weight excluding hydrogens is 609 g/mol. The molecule has 11 rings (SSSR count). The van der Waals surface area contributed by atoms with E-state index in [2.05, 4.69) is 158 Å². The molecule has 0 aliphatic heterocycles. The molecule has 1 heterocycles. The second-order valence-corrected chi connectivity index (χ2v) is 14.4. The molecule has 0 bridgehead atoms. The highest BCUT2D eigenvalue weighted by atomic mass is 32.1. The number of fused-ring (bicyclic) bond motifs is 13. The van der Waals surface area contributed by atoms with E-state index in [4.69, 9.17) is 0 Å². The summed E-state index contributed by atoms with van der Waals surface area (Å²) in [7, 11) is 0. The lowest BCUT2D eigenvalue weighted by atomic mass is 9.82. The van der Waals surface area contributed by atoms with Crippen molar-refractivity contribution in [3.63, 3.8) is 0 Å². The molecule has 0 radical (unpaired) electrons. The van der Waals surface area contributed by atoms with Crippen LogP contribution >= 0.6 is 11.3 Å². The molecule has 0 amide bonds. The summed E-state index contributed by atoms with van der Waals surface area (Å²) < 4.78 is 1.40. The van der Waals surface area contributed by atoms with Crippen molar-refractivity contribution in [1.29, 1.82) is 0 Å². The molecule has 49 heavy (non-hydrogen) atoms. The van der Waals surface area contributed by atoms with Gasteiger partial charge in [0.05, 0.1) is 0 Å². The first-order valence-corrected chi connectivity index (χ1v) is 18.1. The van der Waals surface area contributed by atoms with Crippen molar-refractivity contribution >= 4 is 92.1 Å². The minimum absolute atomic E-state index is 1.12.